The van der Waals surface area contributed by atoms with E-state index < -0.39 is 15.9 Å². The van der Waals surface area contributed by atoms with Gasteiger partial charge in [0.15, 0.2) is 5.78 Å². The minimum atomic E-state index is -4.18. The SMILES string of the molecule is C=C(C)C(=O)CCCS(=O)(=O)[O-].[Na+]. The molecule has 0 amide bonds. The summed E-state index contributed by atoms with van der Waals surface area (Å²) in [4.78, 5) is 10.8. The fraction of sp³-hybridized carbons (Fsp3) is 0.571. The van der Waals surface area contributed by atoms with Crippen molar-refractivity contribution in [3.05, 3.63) is 12.2 Å². The molecular weight excluding hydrogens is 203 g/mol. The minimum absolute atomic E-state index is 0. The zero-order valence-electron chi connectivity index (χ0n) is 7.87. The van der Waals surface area contributed by atoms with Gasteiger partial charge in [0, 0.05) is 12.2 Å². The predicted octanol–water partition coefficient (Wildman–Crippen LogP) is -2.54. The van der Waals surface area contributed by atoms with Gasteiger partial charge in [0.05, 0.1) is 10.1 Å². The Morgan fingerprint density at radius 2 is 1.92 bits per heavy atom. The van der Waals surface area contributed by atoms with Crippen LogP contribution in [0.3, 0.4) is 0 Å². The van der Waals surface area contributed by atoms with Gasteiger partial charge in [-0.1, -0.05) is 6.58 Å². The maximum absolute atomic E-state index is 10.8. The van der Waals surface area contributed by atoms with Gasteiger partial charge in [-0.25, -0.2) is 8.42 Å². The van der Waals surface area contributed by atoms with E-state index in [1.54, 1.807) is 6.92 Å². The van der Waals surface area contributed by atoms with Crippen LogP contribution in [0.2, 0.25) is 0 Å². The Balaban J connectivity index is 0. The Labute approximate surface area is 100 Å². The van der Waals surface area contributed by atoms with Crippen LogP contribution in [0.1, 0.15) is 19.8 Å². The number of ketones is 1. The molecule has 0 aromatic heterocycles. The first-order valence-electron chi connectivity index (χ1n) is 3.45. The molecule has 0 atom stereocenters. The average molecular weight is 214 g/mol. The summed E-state index contributed by atoms with van der Waals surface area (Å²) in [6.45, 7) is 4.94. The van der Waals surface area contributed by atoms with Crippen molar-refractivity contribution in [2.45, 2.75) is 19.8 Å². The van der Waals surface area contributed by atoms with Gasteiger partial charge in [-0.15, -0.1) is 0 Å². The number of Topliss-reactive ketones (excluding diaryl/α,β-unsaturated/α-hetero) is 1. The molecule has 0 aliphatic rings. The second-order valence-electron chi connectivity index (χ2n) is 2.57. The van der Waals surface area contributed by atoms with Crippen molar-refractivity contribution < 1.29 is 47.3 Å². The molecule has 0 N–H and O–H groups in total. The van der Waals surface area contributed by atoms with Gasteiger partial charge in [-0.2, -0.15) is 0 Å². The molecule has 70 valence electrons. The number of hydrogen-bond acceptors (Lipinski definition) is 4. The van der Waals surface area contributed by atoms with Crippen LogP contribution in [0.25, 0.3) is 0 Å². The Bertz CT molecular complexity index is 281. The van der Waals surface area contributed by atoms with Crippen LogP contribution < -0.4 is 29.6 Å². The molecule has 0 aromatic rings. The number of allylic oxidation sites excluding steroid dienone is 1. The summed E-state index contributed by atoms with van der Waals surface area (Å²) < 4.78 is 30.3. The van der Waals surface area contributed by atoms with E-state index >= 15 is 0 Å². The molecule has 0 saturated heterocycles. The van der Waals surface area contributed by atoms with Crippen LogP contribution in [-0.4, -0.2) is 24.5 Å². The Hall–Kier alpha value is 0.320. The minimum Gasteiger partial charge on any atom is -0.748 e. The third-order valence-corrected chi connectivity index (χ3v) is 2.06. The van der Waals surface area contributed by atoms with Crippen LogP contribution in [0.5, 0.6) is 0 Å². The molecule has 4 nitrogen and oxygen atoms in total. The number of carbonyl (C=O) groups is 1. The molecule has 0 heterocycles. The van der Waals surface area contributed by atoms with Crippen molar-refractivity contribution in [1.82, 2.24) is 0 Å². The fourth-order valence-corrected chi connectivity index (χ4v) is 1.12. The zero-order valence-corrected chi connectivity index (χ0v) is 10.7. The maximum Gasteiger partial charge on any atom is 1.00 e. The molecule has 0 aliphatic carbocycles. The molecule has 0 spiro atoms. The third kappa shape index (κ3) is 10.2. The van der Waals surface area contributed by atoms with Gasteiger partial charge in [0.1, 0.15) is 0 Å². The first kappa shape index (κ1) is 15.8. The molecule has 0 bridgehead atoms. The quantitative estimate of drug-likeness (QED) is 0.287. The summed E-state index contributed by atoms with van der Waals surface area (Å²) >= 11 is 0. The first-order valence-corrected chi connectivity index (χ1v) is 5.03. The molecule has 0 rings (SSSR count). The normalized spacial score (nSPS) is 10.3. The van der Waals surface area contributed by atoms with Gasteiger partial charge < -0.3 is 4.55 Å². The second kappa shape index (κ2) is 6.73. The van der Waals surface area contributed by atoms with Gasteiger partial charge in [0.25, 0.3) is 0 Å². The Morgan fingerprint density at radius 1 is 1.46 bits per heavy atom. The smallest absolute Gasteiger partial charge is 0.748 e. The summed E-state index contributed by atoms with van der Waals surface area (Å²) in [6.07, 6.45) is 0.161. The standard InChI is InChI=1S/C7H12O4S.Na/c1-6(2)7(8)4-3-5-12(9,10)11;/h1,3-5H2,2H3,(H,9,10,11);/q;+1/p-1. The molecule has 13 heavy (non-hydrogen) atoms. The van der Waals surface area contributed by atoms with Crippen molar-refractivity contribution in [3.8, 4) is 0 Å². The monoisotopic (exact) mass is 214 g/mol. The second-order valence-corrected chi connectivity index (χ2v) is 4.09. The predicted molar refractivity (Wildman–Crippen MR) is 43.6 cm³/mol. The van der Waals surface area contributed by atoms with Crippen molar-refractivity contribution in [1.29, 1.82) is 0 Å². The van der Waals surface area contributed by atoms with Crippen LogP contribution in [0.4, 0.5) is 0 Å². The summed E-state index contributed by atoms with van der Waals surface area (Å²) in [7, 11) is -4.18. The summed E-state index contributed by atoms with van der Waals surface area (Å²) in [5.74, 6) is -0.676. The van der Waals surface area contributed by atoms with E-state index in [2.05, 4.69) is 6.58 Å². The van der Waals surface area contributed by atoms with Crippen molar-refractivity contribution in [2.24, 2.45) is 0 Å². The Kier molecular flexibility index (Phi) is 8.16. The summed E-state index contributed by atoms with van der Waals surface area (Å²) in [5, 5.41) is 0. The van der Waals surface area contributed by atoms with E-state index in [-0.39, 0.29) is 48.2 Å². The molecule has 0 aromatic carbocycles. The van der Waals surface area contributed by atoms with Gasteiger partial charge in [-0.05, 0) is 18.9 Å². The average Bonchev–Trinajstić information content (AvgIpc) is 1.84. The van der Waals surface area contributed by atoms with Crippen molar-refractivity contribution in [3.63, 3.8) is 0 Å². The van der Waals surface area contributed by atoms with Gasteiger partial charge in [-0.3, -0.25) is 4.79 Å². The molecule has 0 saturated carbocycles. The van der Waals surface area contributed by atoms with Gasteiger partial charge in [0.2, 0.25) is 0 Å². The van der Waals surface area contributed by atoms with Crippen LogP contribution in [-0.2, 0) is 14.9 Å². The largest absolute Gasteiger partial charge is 1.00 e. The van der Waals surface area contributed by atoms with Gasteiger partial charge >= 0.3 is 29.6 Å². The van der Waals surface area contributed by atoms with Crippen LogP contribution in [0.15, 0.2) is 12.2 Å². The van der Waals surface area contributed by atoms with E-state index in [0.29, 0.717) is 5.57 Å². The van der Waals surface area contributed by atoms with Crippen molar-refractivity contribution >= 4 is 15.9 Å². The molecule has 0 fully saturated rings. The zero-order chi connectivity index (χ0) is 9.78. The molecule has 6 heteroatoms. The maximum atomic E-state index is 10.8. The van der Waals surface area contributed by atoms with Crippen LogP contribution >= 0.6 is 0 Å². The third-order valence-electron chi connectivity index (χ3n) is 1.27. The van der Waals surface area contributed by atoms with E-state index in [1.807, 2.05) is 0 Å². The van der Waals surface area contributed by atoms with E-state index in [4.69, 9.17) is 0 Å². The van der Waals surface area contributed by atoms with Crippen molar-refractivity contribution in [2.75, 3.05) is 5.75 Å². The molecule has 0 unspecified atom stereocenters. The molecule has 0 aliphatic heterocycles. The van der Waals surface area contributed by atoms with Crippen LogP contribution in [0, 0.1) is 0 Å². The van der Waals surface area contributed by atoms with E-state index in [9.17, 15) is 17.8 Å². The van der Waals surface area contributed by atoms with E-state index in [1.165, 1.54) is 0 Å². The molecule has 0 radical (unpaired) electrons. The summed E-state index contributed by atoms with van der Waals surface area (Å²) in [6, 6.07) is 0. The Morgan fingerprint density at radius 3 is 2.23 bits per heavy atom. The molecular formula is C7H11NaO4S. The fourth-order valence-electron chi connectivity index (χ4n) is 0.623. The number of rotatable bonds is 5. The topological polar surface area (TPSA) is 74.3 Å². The number of hydrogen-bond donors (Lipinski definition) is 0. The number of carbonyl (C=O) groups excluding carboxylic acids is 1. The first-order chi connectivity index (χ1) is 5.33. The van der Waals surface area contributed by atoms with E-state index in [0.717, 1.165) is 0 Å². The summed E-state index contributed by atoms with van der Waals surface area (Å²) in [5.41, 5.74) is 0.387.